The quantitative estimate of drug-likeness (QED) is 0.445. The van der Waals surface area contributed by atoms with Crippen LogP contribution in [0.3, 0.4) is 0 Å². The van der Waals surface area contributed by atoms with E-state index in [1.165, 1.54) is 17.5 Å². The van der Waals surface area contributed by atoms with E-state index in [1.54, 1.807) is 18.2 Å². The van der Waals surface area contributed by atoms with Crippen LogP contribution in [0.15, 0.2) is 65.5 Å². The average Bonchev–Trinajstić information content (AvgIpc) is 3.13. The van der Waals surface area contributed by atoms with E-state index < -0.39 is 5.54 Å². The van der Waals surface area contributed by atoms with Crippen molar-refractivity contribution in [1.29, 1.82) is 0 Å². The second kappa shape index (κ2) is 7.09. The van der Waals surface area contributed by atoms with Gasteiger partial charge in [-0.1, -0.05) is 37.3 Å². The van der Waals surface area contributed by atoms with Gasteiger partial charge in [0.15, 0.2) is 5.43 Å². The Morgan fingerprint density at radius 2 is 1.77 bits per heavy atom. The molecule has 3 aromatic carbocycles. The number of benzene rings is 3. The number of hydrogen-bond acceptors (Lipinski definition) is 2. The Balaban J connectivity index is 1.47. The number of amides is 1. The van der Waals surface area contributed by atoms with Crippen LogP contribution in [0.5, 0.6) is 0 Å². The van der Waals surface area contributed by atoms with E-state index in [1.807, 2.05) is 38.1 Å². The fourth-order valence-electron chi connectivity index (χ4n) is 4.71. The summed E-state index contributed by atoms with van der Waals surface area (Å²) >= 11 is 0. The van der Waals surface area contributed by atoms with Gasteiger partial charge in [-0.2, -0.15) is 0 Å². The third-order valence-electron chi connectivity index (χ3n) is 6.64. The standard InChI is InChI=1S/C27H26N2O2/c1-16-8-9-17-14-19(11-13-20(16)17)27(2,3)29-26(31)18-10-12-22-24(15-18)28-23-7-5-4-6-21(23)25(22)30/h4-7,10-16H,8-9H2,1-3H3,(H,28,30)(H,29,31). The molecular formula is C27H26N2O2. The van der Waals surface area contributed by atoms with Crippen LogP contribution in [-0.2, 0) is 12.0 Å². The highest BCUT2D eigenvalue weighted by Gasteiger charge is 2.27. The molecule has 0 saturated carbocycles. The summed E-state index contributed by atoms with van der Waals surface area (Å²) < 4.78 is 0. The zero-order valence-electron chi connectivity index (χ0n) is 18.1. The summed E-state index contributed by atoms with van der Waals surface area (Å²) in [5.74, 6) is 0.451. The van der Waals surface area contributed by atoms with E-state index in [2.05, 4.69) is 35.4 Å². The van der Waals surface area contributed by atoms with Crippen molar-refractivity contribution < 1.29 is 4.79 Å². The Kier molecular flexibility index (Phi) is 4.47. The maximum Gasteiger partial charge on any atom is 0.252 e. The van der Waals surface area contributed by atoms with Crippen LogP contribution in [0.4, 0.5) is 0 Å². The molecule has 0 spiro atoms. The van der Waals surface area contributed by atoms with Crippen LogP contribution >= 0.6 is 0 Å². The lowest BCUT2D eigenvalue weighted by Crippen LogP contribution is -2.41. The molecule has 1 unspecified atom stereocenters. The number of para-hydroxylation sites is 1. The lowest BCUT2D eigenvalue weighted by Gasteiger charge is -2.28. The van der Waals surface area contributed by atoms with Gasteiger partial charge in [0.1, 0.15) is 0 Å². The lowest BCUT2D eigenvalue weighted by molar-refractivity contribution is 0.0912. The first-order valence-electron chi connectivity index (χ1n) is 10.8. The zero-order valence-corrected chi connectivity index (χ0v) is 18.1. The van der Waals surface area contributed by atoms with Crippen LogP contribution in [0, 0.1) is 0 Å². The van der Waals surface area contributed by atoms with Gasteiger partial charge in [-0.3, -0.25) is 9.59 Å². The number of aryl methyl sites for hydroxylation is 1. The number of rotatable bonds is 3. The molecule has 0 aliphatic heterocycles. The van der Waals surface area contributed by atoms with Crippen molar-refractivity contribution in [3.63, 3.8) is 0 Å². The molecule has 0 fully saturated rings. The number of H-pyrrole nitrogens is 1. The third-order valence-corrected chi connectivity index (χ3v) is 6.64. The number of aromatic amines is 1. The second-order valence-electron chi connectivity index (χ2n) is 9.19. The number of hydrogen-bond donors (Lipinski definition) is 2. The van der Waals surface area contributed by atoms with Gasteiger partial charge in [-0.05, 0) is 79.6 Å². The van der Waals surface area contributed by atoms with Gasteiger partial charge in [-0.15, -0.1) is 0 Å². The van der Waals surface area contributed by atoms with E-state index in [-0.39, 0.29) is 11.3 Å². The summed E-state index contributed by atoms with van der Waals surface area (Å²) in [6.45, 7) is 6.33. The van der Waals surface area contributed by atoms with Crippen molar-refractivity contribution in [3.05, 3.63) is 93.1 Å². The number of fused-ring (bicyclic) bond motifs is 3. The van der Waals surface area contributed by atoms with E-state index in [9.17, 15) is 9.59 Å². The Labute approximate surface area is 181 Å². The monoisotopic (exact) mass is 410 g/mol. The van der Waals surface area contributed by atoms with E-state index in [0.29, 0.717) is 27.8 Å². The van der Waals surface area contributed by atoms with Crippen molar-refractivity contribution in [2.75, 3.05) is 0 Å². The maximum absolute atomic E-state index is 13.1. The summed E-state index contributed by atoms with van der Waals surface area (Å²) in [5, 5.41) is 4.41. The minimum atomic E-state index is -0.510. The fraction of sp³-hybridized carbons (Fsp3) is 0.259. The number of nitrogens with one attached hydrogen (secondary N) is 2. The van der Waals surface area contributed by atoms with Crippen molar-refractivity contribution in [3.8, 4) is 0 Å². The smallest absolute Gasteiger partial charge is 0.252 e. The fourth-order valence-corrected chi connectivity index (χ4v) is 4.71. The second-order valence-corrected chi connectivity index (χ2v) is 9.19. The topological polar surface area (TPSA) is 62.0 Å². The highest BCUT2D eigenvalue weighted by Crippen LogP contribution is 2.35. The van der Waals surface area contributed by atoms with Crippen molar-refractivity contribution >= 4 is 27.7 Å². The van der Waals surface area contributed by atoms with Gasteiger partial charge in [0.25, 0.3) is 5.91 Å². The minimum absolute atomic E-state index is 0.0241. The van der Waals surface area contributed by atoms with Crippen molar-refractivity contribution in [2.45, 2.75) is 45.1 Å². The molecule has 4 heteroatoms. The molecule has 1 heterocycles. The molecule has 31 heavy (non-hydrogen) atoms. The summed E-state index contributed by atoms with van der Waals surface area (Å²) in [6, 6.07) is 19.2. The molecule has 4 nitrogen and oxygen atoms in total. The number of carbonyl (C=O) groups excluding carboxylic acids is 1. The summed E-state index contributed by atoms with van der Waals surface area (Å²) in [7, 11) is 0. The molecule has 0 radical (unpaired) electrons. The summed E-state index contributed by atoms with van der Waals surface area (Å²) in [6.07, 6.45) is 2.29. The zero-order chi connectivity index (χ0) is 21.8. The number of aromatic nitrogens is 1. The predicted molar refractivity (Wildman–Crippen MR) is 126 cm³/mol. The normalized spacial score (nSPS) is 15.9. The van der Waals surface area contributed by atoms with Gasteiger partial charge in [0.05, 0.1) is 11.1 Å². The molecular weight excluding hydrogens is 384 g/mol. The van der Waals surface area contributed by atoms with Crippen LogP contribution < -0.4 is 10.7 Å². The molecule has 1 aliphatic carbocycles. The number of pyridine rings is 1. The average molecular weight is 411 g/mol. The molecule has 0 saturated heterocycles. The van der Waals surface area contributed by atoms with Crippen LogP contribution in [-0.4, -0.2) is 10.9 Å². The Hall–Kier alpha value is -3.40. The Morgan fingerprint density at radius 1 is 1.00 bits per heavy atom. The van der Waals surface area contributed by atoms with Crippen LogP contribution in [0.1, 0.15) is 60.2 Å². The predicted octanol–water partition coefficient (Wildman–Crippen LogP) is 5.40. The molecule has 1 aliphatic rings. The highest BCUT2D eigenvalue weighted by molar-refractivity contribution is 6.00. The highest BCUT2D eigenvalue weighted by atomic mass is 16.1. The van der Waals surface area contributed by atoms with E-state index >= 15 is 0 Å². The Morgan fingerprint density at radius 3 is 2.61 bits per heavy atom. The maximum atomic E-state index is 13.1. The van der Waals surface area contributed by atoms with Gasteiger partial charge in [-0.25, -0.2) is 0 Å². The molecule has 1 atom stereocenters. The van der Waals surface area contributed by atoms with Gasteiger partial charge >= 0.3 is 0 Å². The first-order valence-corrected chi connectivity index (χ1v) is 10.8. The molecule has 1 aromatic heterocycles. The van der Waals surface area contributed by atoms with Crippen molar-refractivity contribution in [1.82, 2.24) is 10.3 Å². The van der Waals surface area contributed by atoms with Crippen LogP contribution in [0.25, 0.3) is 21.8 Å². The van der Waals surface area contributed by atoms with E-state index in [4.69, 9.17) is 0 Å². The summed E-state index contributed by atoms with van der Waals surface area (Å²) in [4.78, 5) is 29.2. The lowest BCUT2D eigenvalue weighted by atomic mass is 9.90. The number of carbonyl (C=O) groups is 1. The molecule has 4 aromatic rings. The molecule has 0 bridgehead atoms. The molecule has 5 rings (SSSR count). The van der Waals surface area contributed by atoms with Crippen molar-refractivity contribution in [2.24, 2.45) is 0 Å². The van der Waals surface area contributed by atoms with Gasteiger partial charge in [0.2, 0.25) is 0 Å². The van der Waals surface area contributed by atoms with E-state index in [0.717, 1.165) is 17.5 Å². The molecule has 156 valence electrons. The largest absolute Gasteiger partial charge is 0.354 e. The molecule has 2 N–H and O–H groups in total. The Bertz CT molecular complexity index is 1400. The first kappa shape index (κ1) is 19.6. The molecule has 1 amide bonds. The SMILES string of the molecule is CC1CCc2cc(C(C)(C)NC(=O)c3ccc4c(=O)c5ccccc5[nH]c4c3)ccc21. The third kappa shape index (κ3) is 3.32. The first-order chi connectivity index (χ1) is 14.8. The van der Waals surface area contributed by atoms with Gasteiger partial charge in [0, 0.05) is 21.9 Å². The van der Waals surface area contributed by atoms with Gasteiger partial charge < -0.3 is 10.3 Å². The van der Waals surface area contributed by atoms with Crippen LogP contribution in [0.2, 0.25) is 0 Å². The minimum Gasteiger partial charge on any atom is -0.354 e. The summed E-state index contributed by atoms with van der Waals surface area (Å²) in [5.41, 5.74) is 5.35.